The molecule has 11 heteroatoms. The van der Waals surface area contributed by atoms with Gasteiger partial charge in [0.05, 0.1) is 41.7 Å². The molecule has 0 unspecified atom stereocenters. The van der Waals surface area contributed by atoms with Gasteiger partial charge in [0.2, 0.25) is 0 Å². The maximum absolute atomic E-state index is 14.4. The molecule has 1 amide bonds. The summed E-state index contributed by atoms with van der Waals surface area (Å²) < 4.78 is 15.9. The van der Waals surface area contributed by atoms with Gasteiger partial charge in [0.15, 0.2) is 0 Å². The highest BCUT2D eigenvalue weighted by molar-refractivity contribution is 6.02. The van der Waals surface area contributed by atoms with Gasteiger partial charge in [-0.1, -0.05) is 6.07 Å². The summed E-state index contributed by atoms with van der Waals surface area (Å²) in [6.07, 6.45) is 6.96. The summed E-state index contributed by atoms with van der Waals surface area (Å²) in [6.45, 7) is 0.595. The van der Waals surface area contributed by atoms with E-state index in [1.807, 2.05) is 11.0 Å². The third kappa shape index (κ3) is 3.70. The molecule has 5 heterocycles. The van der Waals surface area contributed by atoms with Gasteiger partial charge in [-0.05, 0) is 36.4 Å². The zero-order valence-corrected chi connectivity index (χ0v) is 18.8. The molecular formula is C25H18FN9O. The molecule has 176 valence electrons. The minimum atomic E-state index is -0.440. The van der Waals surface area contributed by atoms with E-state index >= 15 is 0 Å². The van der Waals surface area contributed by atoms with Gasteiger partial charge in [0.25, 0.3) is 5.91 Å². The lowest BCUT2D eigenvalue weighted by molar-refractivity contribution is 0.102. The topological polar surface area (TPSA) is 128 Å². The first-order chi connectivity index (χ1) is 17.6. The van der Waals surface area contributed by atoms with Crippen LogP contribution in [-0.2, 0) is 6.42 Å². The van der Waals surface area contributed by atoms with Crippen LogP contribution in [-0.4, -0.2) is 42.0 Å². The highest BCUT2D eigenvalue weighted by Crippen LogP contribution is 2.35. The Morgan fingerprint density at radius 1 is 1.17 bits per heavy atom. The predicted octanol–water partition coefficient (Wildman–Crippen LogP) is 3.26. The van der Waals surface area contributed by atoms with Crippen molar-refractivity contribution in [3.63, 3.8) is 0 Å². The van der Waals surface area contributed by atoms with Crippen molar-refractivity contribution in [1.29, 1.82) is 5.26 Å². The predicted molar refractivity (Wildman–Crippen MR) is 128 cm³/mol. The molecule has 0 aliphatic carbocycles. The molecule has 1 aromatic carbocycles. The van der Waals surface area contributed by atoms with E-state index in [4.69, 9.17) is 5.26 Å². The van der Waals surface area contributed by atoms with Crippen molar-refractivity contribution in [3.8, 4) is 6.07 Å². The van der Waals surface area contributed by atoms with Crippen molar-refractivity contribution in [3.05, 3.63) is 102 Å². The van der Waals surface area contributed by atoms with Gasteiger partial charge in [-0.15, -0.1) is 0 Å². The quantitative estimate of drug-likeness (QED) is 0.405. The van der Waals surface area contributed by atoms with Gasteiger partial charge in [-0.2, -0.15) is 10.4 Å². The molecule has 4 aromatic heterocycles. The van der Waals surface area contributed by atoms with E-state index in [9.17, 15) is 9.18 Å². The molecule has 2 N–H and O–H groups in total. The number of H-pyrrole nitrogens is 1. The van der Waals surface area contributed by atoms with E-state index in [2.05, 4.69) is 30.4 Å². The number of halogens is 1. The van der Waals surface area contributed by atoms with Crippen molar-refractivity contribution in [2.45, 2.75) is 12.5 Å². The fourth-order valence-electron chi connectivity index (χ4n) is 4.40. The number of nitrogens with one attached hydrogen (secondary N) is 2. The van der Waals surface area contributed by atoms with Crippen LogP contribution in [0.4, 0.5) is 15.9 Å². The van der Waals surface area contributed by atoms with E-state index in [1.54, 1.807) is 48.9 Å². The summed E-state index contributed by atoms with van der Waals surface area (Å²) in [7, 11) is 0. The normalized spacial score (nSPS) is 14.9. The molecule has 1 aliphatic heterocycles. The number of anilines is 2. The Kier molecular flexibility index (Phi) is 5.11. The van der Waals surface area contributed by atoms with Gasteiger partial charge in [0.1, 0.15) is 28.9 Å². The molecule has 1 atom stereocenters. The summed E-state index contributed by atoms with van der Waals surface area (Å²) in [5.41, 5.74) is 3.82. The van der Waals surface area contributed by atoms with Crippen LogP contribution in [0.3, 0.4) is 0 Å². The molecule has 6 rings (SSSR count). The molecular weight excluding hydrogens is 461 g/mol. The molecule has 36 heavy (non-hydrogen) atoms. The number of pyridine rings is 1. The van der Waals surface area contributed by atoms with Crippen LogP contribution in [0.25, 0.3) is 5.52 Å². The van der Waals surface area contributed by atoms with Crippen LogP contribution in [0.2, 0.25) is 0 Å². The molecule has 5 aromatic rings. The van der Waals surface area contributed by atoms with Crippen LogP contribution in [0.1, 0.15) is 39.2 Å². The summed E-state index contributed by atoms with van der Waals surface area (Å²) in [4.78, 5) is 31.2. The minimum absolute atomic E-state index is 0.130. The second-order valence-electron chi connectivity index (χ2n) is 8.27. The molecule has 10 nitrogen and oxygen atoms in total. The first kappa shape index (κ1) is 21.4. The van der Waals surface area contributed by atoms with E-state index in [0.29, 0.717) is 41.2 Å². The van der Waals surface area contributed by atoms with Crippen LogP contribution >= 0.6 is 0 Å². The van der Waals surface area contributed by atoms with Gasteiger partial charge in [0, 0.05) is 30.5 Å². The number of aromatic amines is 1. The Hall–Kier alpha value is -5.11. The number of aromatic nitrogens is 6. The number of amides is 1. The molecule has 0 fully saturated rings. The third-order valence-corrected chi connectivity index (χ3v) is 6.09. The lowest BCUT2D eigenvalue weighted by Crippen LogP contribution is -2.37. The zero-order chi connectivity index (χ0) is 24.6. The van der Waals surface area contributed by atoms with Crippen LogP contribution in [0.5, 0.6) is 0 Å². The number of benzene rings is 1. The summed E-state index contributed by atoms with van der Waals surface area (Å²) in [5, 5.41) is 16.4. The molecule has 0 radical (unpaired) electrons. The van der Waals surface area contributed by atoms with Gasteiger partial charge in [-0.3, -0.25) is 4.79 Å². The number of fused-ring (bicyclic) bond motifs is 2. The van der Waals surface area contributed by atoms with Gasteiger partial charge >= 0.3 is 0 Å². The number of nitriles is 1. The second kappa shape index (κ2) is 8.59. The number of hydrogen-bond donors (Lipinski definition) is 2. The fraction of sp³-hybridized carbons (Fsp3) is 0.120. The van der Waals surface area contributed by atoms with E-state index in [1.165, 1.54) is 23.0 Å². The lowest BCUT2D eigenvalue weighted by atomic mass is 10.00. The average molecular weight is 479 g/mol. The number of imidazole rings is 1. The van der Waals surface area contributed by atoms with Gasteiger partial charge < -0.3 is 15.2 Å². The van der Waals surface area contributed by atoms with Crippen LogP contribution in [0.15, 0.2) is 67.4 Å². The minimum Gasteiger partial charge on any atom is -0.348 e. The van der Waals surface area contributed by atoms with Crippen molar-refractivity contribution in [2.24, 2.45) is 0 Å². The first-order valence-electron chi connectivity index (χ1n) is 11.2. The molecule has 0 saturated heterocycles. The summed E-state index contributed by atoms with van der Waals surface area (Å²) in [6, 6.07) is 12.9. The number of carbonyl (C=O) groups is 1. The van der Waals surface area contributed by atoms with E-state index in [0.717, 1.165) is 11.4 Å². The largest absolute Gasteiger partial charge is 0.348 e. The maximum Gasteiger partial charge on any atom is 0.275 e. The van der Waals surface area contributed by atoms with E-state index < -0.39 is 11.9 Å². The van der Waals surface area contributed by atoms with Crippen molar-refractivity contribution >= 4 is 22.9 Å². The maximum atomic E-state index is 14.4. The van der Waals surface area contributed by atoms with Crippen molar-refractivity contribution < 1.29 is 9.18 Å². The smallest absolute Gasteiger partial charge is 0.275 e. The summed E-state index contributed by atoms with van der Waals surface area (Å²) in [5.74, 6) is -0.268. The van der Waals surface area contributed by atoms with Crippen molar-refractivity contribution in [2.75, 3.05) is 16.8 Å². The number of nitrogens with zero attached hydrogens (tertiary/aromatic N) is 7. The molecule has 0 spiro atoms. The van der Waals surface area contributed by atoms with E-state index in [-0.39, 0.29) is 11.5 Å². The third-order valence-electron chi connectivity index (χ3n) is 6.09. The standard InChI is InChI=1S/C25H18FN9O/c26-17-5-2-7-35-21(17)10-19(33-35)24-23-18(30-14-31-23)6-8-34(24)22-13-28-20(12-29-22)25(36)32-16-4-1-3-15(9-16)11-27/h1-5,7,9-10,12-14,24H,6,8H2,(H,30,31)(H,32,36)/t24-/m1/s1. The van der Waals surface area contributed by atoms with Crippen molar-refractivity contribution in [1.82, 2.24) is 29.5 Å². The highest BCUT2D eigenvalue weighted by Gasteiger charge is 2.34. The lowest BCUT2D eigenvalue weighted by Gasteiger charge is -2.34. The molecule has 1 aliphatic rings. The van der Waals surface area contributed by atoms with Gasteiger partial charge in [-0.25, -0.2) is 23.9 Å². The Balaban J connectivity index is 1.31. The average Bonchev–Trinajstić information content (AvgIpc) is 3.56. The SMILES string of the molecule is N#Cc1cccc(NC(=O)c2cnc(N3CCc4[nH]cnc4[C@H]3c3cc4c(F)cccn4n3)cn2)c1. The zero-order valence-electron chi connectivity index (χ0n) is 18.8. The van der Waals surface area contributed by atoms with Crippen LogP contribution in [0, 0.1) is 17.1 Å². The first-order valence-corrected chi connectivity index (χ1v) is 11.2. The Morgan fingerprint density at radius 3 is 2.89 bits per heavy atom. The highest BCUT2D eigenvalue weighted by atomic mass is 19.1. The fourth-order valence-corrected chi connectivity index (χ4v) is 4.40. The number of carbonyl (C=O) groups excluding carboxylic acids is 1. The summed E-state index contributed by atoms with van der Waals surface area (Å²) >= 11 is 0. The Bertz CT molecular complexity index is 1630. The number of hydrogen-bond acceptors (Lipinski definition) is 7. The Labute approximate surface area is 204 Å². The molecule has 0 saturated carbocycles. The molecule has 0 bridgehead atoms. The second-order valence-corrected chi connectivity index (χ2v) is 8.27. The Morgan fingerprint density at radius 2 is 2.08 bits per heavy atom. The number of rotatable bonds is 4. The monoisotopic (exact) mass is 479 g/mol. The van der Waals surface area contributed by atoms with Crippen LogP contribution < -0.4 is 10.2 Å².